The molecule has 2 rings (SSSR count). The maximum Gasteiger partial charge on any atom is 0.348 e. The van der Waals surface area contributed by atoms with E-state index in [0.29, 0.717) is 40.4 Å². The Morgan fingerprint density at radius 2 is 2.17 bits per heavy atom. The van der Waals surface area contributed by atoms with E-state index in [2.05, 4.69) is 4.98 Å². The number of carbonyl (C=O) groups excluding carboxylic acids is 1. The summed E-state index contributed by atoms with van der Waals surface area (Å²) in [5.41, 5.74) is 0.526. The van der Waals surface area contributed by atoms with Crippen LogP contribution in [-0.2, 0) is 16.0 Å². The Kier molecular flexibility index (Phi) is 5.90. The van der Waals surface area contributed by atoms with Crippen molar-refractivity contribution in [1.29, 1.82) is 0 Å². The van der Waals surface area contributed by atoms with Crippen LogP contribution in [0.3, 0.4) is 0 Å². The van der Waals surface area contributed by atoms with Crippen LogP contribution in [0.15, 0.2) is 11.1 Å². The zero-order valence-electron chi connectivity index (χ0n) is 13.9. The maximum atomic E-state index is 12.6. The van der Waals surface area contributed by atoms with Crippen LogP contribution in [0, 0.1) is 6.92 Å². The fraction of sp³-hybridized carbons (Fsp3) is 0.562. The molecular formula is C16H22N2O4S. The third-order valence-electron chi connectivity index (χ3n) is 3.37. The van der Waals surface area contributed by atoms with Crippen molar-refractivity contribution in [2.75, 3.05) is 13.2 Å². The summed E-state index contributed by atoms with van der Waals surface area (Å²) in [5.74, 6) is -0.399. The zero-order valence-corrected chi connectivity index (χ0v) is 14.7. The topological polar surface area (TPSA) is 70.4 Å². The first-order valence-electron chi connectivity index (χ1n) is 7.73. The van der Waals surface area contributed by atoms with Gasteiger partial charge < -0.3 is 9.47 Å². The molecule has 0 fully saturated rings. The van der Waals surface area contributed by atoms with E-state index in [9.17, 15) is 9.59 Å². The zero-order chi connectivity index (χ0) is 17.0. The van der Waals surface area contributed by atoms with Crippen molar-refractivity contribution in [2.24, 2.45) is 0 Å². The molecule has 0 spiro atoms. The van der Waals surface area contributed by atoms with Crippen molar-refractivity contribution in [2.45, 2.75) is 46.8 Å². The number of hydrogen-bond donors (Lipinski definition) is 0. The van der Waals surface area contributed by atoms with Crippen molar-refractivity contribution in [3.05, 3.63) is 27.1 Å². The van der Waals surface area contributed by atoms with Crippen LogP contribution in [0.5, 0.6) is 0 Å². The molecule has 0 saturated carbocycles. The molecule has 2 heterocycles. The number of carbonyl (C=O) groups is 1. The maximum absolute atomic E-state index is 12.6. The Hall–Kier alpha value is -1.73. The summed E-state index contributed by atoms with van der Waals surface area (Å²) < 4.78 is 12.1. The highest BCUT2D eigenvalue weighted by atomic mass is 32.1. The van der Waals surface area contributed by atoms with Gasteiger partial charge in [0.1, 0.15) is 9.71 Å². The number of fused-ring (bicyclic) bond motifs is 1. The standard InChI is InChI=1S/C16H22N2O4S/c1-5-21-16(20)13-11(4)12-14(23-13)17-9-18(15(12)19)7-6-8-22-10(2)3/h9-10H,5-8H2,1-4H3. The average Bonchev–Trinajstić information content (AvgIpc) is 2.83. The van der Waals surface area contributed by atoms with Crippen molar-refractivity contribution in [3.63, 3.8) is 0 Å². The van der Waals surface area contributed by atoms with E-state index >= 15 is 0 Å². The molecule has 7 heteroatoms. The molecule has 6 nitrogen and oxygen atoms in total. The summed E-state index contributed by atoms with van der Waals surface area (Å²) in [6.07, 6.45) is 2.45. The van der Waals surface area contributed by atoms with E-state index in [-0.39, 0.29) is 11.7 Å². The molecule has 0 aliphatic heterocycles. The van der Waals surface area contributed by atoms with Gasteiger partial charge in [0.2, 0.25) is 0 Å². The molecule has 2 aromatic heterocycles. The molecule has 0 atom stereocenters. The lowest BCUT2D eigenvalue weighted by atomic mass is 10.2. The molecule has 0 unspecified atom stereocenters. The van der Waals surface area contributed by atoms with Gasteiger partial charge in [0.05, 0.1) is 24.4 Å². The van der Waals surface area contributed by atoms with Crippen molar-refractivity contribution < 1.29 is 14.3 Å². The Morgan fingerprint density at radius 3 is 2.83 bits per heavy atom. The Bertz CT molecular complexity index is 748. The van der Waals surface area contributed by atoms with Crippen LogP contribution in [0.4, 0.5) is 0 Å². The first-order valence-corrected chi connectivity index (χ1v) is 8.54. The van der Waals surface area contributed by atoms with Crippen molar-refractivity contribution in [3.8, 4) is 0 Å². The fourth-order valence-electron chi connectivity index (χ4n) is 2.26. The lowest BCUT2D eigenvalue weighted by Crippen LogP contribution is -2.21. The van der Waals surface area contributed by atoms with Crippen LogP contribution in [0.25, 0.3) is 10.2 Å². The van der Waals surface area contributed by atoms with Gasteiger partial charge in [-0.05, 0) is 39.7 Å². The highest BCUT2D eigenvalue weighted by Crippen LogP contribution is 2.27. The summed E-state index contributed by atoms with van der Waals surface area (Å²) in [5, 5.41) is 0.505. The van der Waals surface area contributed by atoms with Crippen molar-refractivity contribution >= 4 is 27.5 Å². The summed E-state index contributed by atoms with van der Waals surface area (Å²) >= 11 is 1.20. The predicted molar refractivity (Wildman–Crippen MR) is 90.3 cm³/mol. The molecule has 0 aliphatic carbocycles. The van der Waals surface area contributed by atoms with Gasteiger partial charge in [0.15, 0.2) is 0 Å². The quantitative estimate of drug-likeness (QED) is 0.573. The minimum Gasteiger partial charge on any atom is -0.462 e. The molecule has 0 saturated heterocycles. The lowest BCUT2D eigenvalue weighted by molar-refractivity contribution is 0.0531. The van der Waals surface area contributed by atoms with Gasteiger partial charge >= 0.3 is 5.97 Å². The van der Waals surface area contributed by atoms with E-state index in [1.807, 2.05) is 13.8 Å². The normalized spacial score (nSPS) is 11.3. The predicted octanol–water partition coefficient (Wildman–Crippen LogP) is 2.76. The average molecular weight is 338 g/mol. The minimum absolute atomic E-state index is 0.121. The smallest absolute Gasteiger partial charge is 0.348 e. The number of aromatic nitrogens is 2. The van der Waals surface area contributed by atoms with Gasteiger partial charge in [-0.3, -0.25) is 9.36 Å². The summed E-state index contributed by atoms with van der Waals surface area (Å²) in [4.78, 5) is 29.9. The fourth-order valence-corrected chi connectivity index (χ4v) is 3.30. The number of nitrogens with zero attached hydrogens (tertiary/aromatic N) is 2. The van der Waals surface area contributed by atoms with Gasteiger partial charge in [-0.2, -0.15) is 0 Å². The van der Waals surface area contributed by atoms with Crippen molar-refractivity contribution in [1.82, 2.24) is 9.55 Å². The number of rotatable bonds is 7. The second-order valence-electron chi connectivity index (χ2n) is 5.47. The molecule has 0 radical (unpaired) electrons. The molecule has 0 aromatic carbocycles. The number of hydrogen-bond acceptors (Lipinski definition) is 6. The van der Waals surface area contributed by atoms with Gasteiger partial charge in [-0.1, -0.05) is 0 Å². The second-order valence-corrected chi connectivity index (χ2v) is 6.47. The molecular weight excluding hydrogens is 316 g/mol. The minimum atomic E-state index is -0.399. The number of aryl methyl sites for hydroxylation is 2. The number of ether oxygens (including phenoxy) is 2. The van der Waals surface area contributed by atoms with Gasteiger partial charge in [0, 0.05) is 13.2 Å². The van der Waals surface area contributed by atoms with Gasteiger partial charge in [-0.15, -0.1) is 11.3 Å². The highest BCUT2D eigenvalue weighted by molar-refractivity contribution is 7.20. The van der Waals surface area contributed by atoms with E-state index < -0.39 is 5.97 Å². The molecule has 126 valence electrons. The monoisotopic (exact) mass is 338 g/mol. The SMILES string of the molecule is CCOC(=O)c1sc2ncn(CCCOC(C)C)c(=O)c2c1C. The molecule has 23 heavy (non-hydrogen) atoms. The summed E-state index contributed by atoms with van der Waals surface area (Å²) in [6, 6.07) is 0. The van der Waals surface area contributed by atoms with Crippen LogP contribution in [0.1, 0.15) is 42.4 Å². The van der Waals surface area contributed by atoms with Crippen LogP contribution >= 0.6 is 11.3 Å². The lowest BCUT2D eigenvalue weighted by Gasteiger charge is -2.08. The molecule has 0 bridgehead atoms. The molecule has 0 N–H and O–H groups in total. The Labute approximate surface area is 139 Å². The Morgan fingerprint density at radius 1 is 1.43 bits per heavy atom. The third-order valence-corrected chi connectivity index (χ3v) is 4.55. The van der Waals surface area contributed by atoms with Crippen LogP contribution in [-0.4, -0.2) is 34.8 Å². The van der Waals surface area contributed by atoms with Crippen LogP contribution < -0.4 is 5.56 Å². The molecule has 0 amide bonds. The summed E-state index contributed by atoms with van der Waals surface area (Å²) in [6.45, 7) is 8.92. The van der Waals surface area contributed by atoms with E-state index in [1.54, 1.807) is 18.4 Å². The summed E-state index contributed by atoms with van der Waals surface area (Å²) in [7, 11) is 0. The van der Waals surface area contributed by atoms with Gasteiger partial charge in [-0.25, -0.2) is 9.78 Å². The number of esters is 1. The van der Waals surface area contributed by atoms with E-state index in [1.165, 1.54) is 17.7 Å². The molecule has 2 aromatic rings. The van der Waals surface area contributed by atoms with Crippen LogP contribution in [0.2, 0.25) is 0 Å². The molecule has 0 aliphatic rings. The van der Waals surface area contributed by atoms with Gasteiger partial charge in [0.25, 0.3) is 5.56 Å². The third kappa shape index (κ3) is 3.97. The first kappa shape index (κ1) is 17.6. The van der Waals surface area contributed by atoms with E-state index in [0.717, 1.165) is 6.42 Å². The number of thiophene rings is 1. The highest BCUT2D eigenvalue weighted by Gasteiger charge is 2.20. The Balaban J connectivity index is 2.26. The van der Waals surface area contributed by atoms with E-state index in [4.69, 9.17) is 9.47 Å². The largest absolute Gasteiger partial charge is 0.462 e. The first-order chi connectivity index (χ1) is 11.0. The second kappa shape index (κ2) is 7.70.